The number of fused-ring (bicyclic) bond motifs is 1. The van der Waals surface area contributed by atoms with Gasteiger partial charge in [0, 0.05) is 12.4 Å². The monoisotopic (exact) mass is 340 g/mol. The molecule has 1 aromatic heterocycles. The van der Waals surface area contributed by atoms with Gasteiger partial charge in [0.05, 0.1) is 32.5 Å². The predicted octanol–water partition coefficient (Wildman–Crippen LogP) is 3.46. The van der Waals surface area contributed by atoms with Gasteiger partial charge < -0.3 is 24.1 Å². The number of carbonyl (C=O) groups is 1. The molecule has 3 rings (SSSR count). The number of amides is 1. The van der Waals surface area contributed by atoms with Crippen LogP contribution in [0.5, 0.6) is 17.2 Å². The van der Waals surface area contributed by atoms with Crippen molar-refractivity contribution in [1.29, 1.82) is 0 Å². The molecule has 0 aliphatic heterocycles. The molecular formula is C19H20N2O4. The van der Waals surface area contributed by atoms with Crippen molar-refractivity contribution in [3.63, 3.8) is 0 Å². The van der Waals surface area contributed by atoms with Gasteiger partial charge in [0.25, 0.3) is 5.91 Å². The molecule has 130 valence electrons. The van der Waals surface area contributed by atoms with E-state index in [4.69, 9.17) is 14.2 Å². The fourth-order valence-corrected chi connectivity index (χ4v) is 2.90. The van der Waals surface area contributed by atoms with Gasteiger partial charge in [-0.15, -0.1) is 0 Å². The minimum Gasteiger partial charge on any atom is -0.496 e. The van der Waals surface area contributed by atoms with Crippen LogP contribution in [0, 0.1) is 0 Å². The van der Waals surface area contributed by atoms with Crippen molar-refractivity contribution in [3.05, 3.63) is 48.2 Å². The molecule has 0 radical (unpaired) electrons. The molecule has 1 heterocycles. The number of aromatic nitrogens is 1. The van der Waals surface area contributed by atoms with Crippen LogP contribution in [-0.2, 0) is 7.05 Å². The predicted molar refractivity (Wildman–Crippen MR) is 97.0 cm³/mol. The minimum absolute atomic E-state index is 0.243. The second kappa shape index (κ2) is 6.76. The maximum Gasteiger partial charge on any atom is 0.272 e. The zero-order valence-electron chi connectivity index (χ0n) is 14.6. The molecule has 0 atom stereocenters. The van der Waals surface area contributed by atoms with Crippen LogP contribution in [0.15, 0.2) is 42.5 Å². The van der Waals surface area contributed by atoms with Crippen LogP contribution in [0.1, 0.15) is 10.5 Å². The molecular weight excluding hydrogens is 320 g/mol. The summed E-state index contributed by atoms with van der Waals surface area (Å²) in [6.45, 7) is 0. The van der Waals surface area contributed by atoms with E-state index >= 15 is 0 Å². The SMILES string of the molecule is COc1ccccc1NC(=O)c1cc2c(OC)ccc(OC)c2n1C. The number of benzene rings is 2. The third-order valence-electron chi connectivity index (χ3n) is 4.15. The maximum absolute atomic E-state index is 12.8. The van der Waals surface area contributed by atoms with Crippen LogP contribution in [0.2, 0.25) is 0 Å². The van der Waals surface area contributed by atoms with E-state index in [2.05, 4.69) is 5.32 Å². The number of aryl methyl sites for hydroxylation is 1. The van der Waals surface area contributed by atoms with Crippen molar-refractivity contribution in [2.45, 2.75) is 0 Å². The Kier molecular flexibility index (Phi) is 4.52. The molecule has 0 saturated heterocycles. The first-order valence-corrected chi connectivity index (χ1v) is 7.75. The number of methoxy groups -OCH3 is 3. The molecule has 1 N–H and O–H groups in total. The van der Waals surface area contributed by atoms with E-state index in [0.717, 1.165) is 10.9 Å². The second-order valence-corrected chi connectivity index (χ2v) is 5.48. The van der Waals surface area contributed by atoms with E-state index in [9.17, 15) is 4.79 Å². The van der Waals surface area contributed by atoms with E-state index in [0.29, 0.717) is 28.6 Å². The minimum atomic E-state index is -0.243. The molecule has 3 aromatic rings. The van der Waals surface area contributed by atoms with Crippen molar-refractivity contribution < 1.29 is 19.0 Å². The number of para-hydroxylation sites is 2. The highest BCUT2D eigenvalue weighted by Crippen LogP contribution is 2.35. The molecule has 6 nitrogen and oxygen atoms in total. The summed E-state index contributed by atoms with van der Waals surface area (Å²) < 4.78 is 17.9. The van der Waals surface area contributed by atoms with E-state index in [1.165, 1.54) is 0 Å². The van der Waals surface area contributed by atoms with Crippen molar-refractivity contribution >= 4 is 22.5 Å². The Hall–Kier alpha value is -3.15. The first kappa shape index (κ1) is 16.7. The molecule has 6 heteroatoms. The molecule has 0 aliphatic rings. The first-order chi connectivity index (χ1) is 12.1. The summed E-state index contributed by atoms with van der Waals surface area (Å²) in [6, 6.07) is 12.7. The Balaban J connectivity index is 2.06. The number of nitrogens with one attached hydrogen (secondary N) is 1. The highest BCUT2D eigenvalue weighted by atomic mass is 16.5. The molecule has 0 aliphatic carbocycles. The third kappa shape index (κ3) is 2.87. The van der Waals surface area contributed by atoms with Gasteiger partial charge in [-0.2, -0.15) is 0 Å². The molecule has 0 saturated carbocycles. The number of carbonyl (C=O) groups excluding carboxylic acids is 1. The largest absolute Gasteiger partial charge is 0.496 e. The van der Waals surface area contributed by atoms with Gasteiger partial charge in [0.15, 0.2) is 0 Å². The second-order valence-electron chi connectivity index (χ2n) is 5.48. The number of hydrogen-bond donors (Lipinski definition) is 1. The van der Waals surface area contributed by atoms with E-state index in [1.807, 2.05) is 31.3 Å². The average molecular weight is 340 g/mol. The number of hydrogen-bond acceptors (Lipinski definition) is 4. The lowest BCUT2D eigenvalue weighted by Gasteiger charge is -2.11. The summed E-state index contributed by atoms with van der Waals surface area (Å²) in [5.74, 6) is 1.72. The molecule has 0 bridgehead atoms. The number of ether oxygens (including phenoxy) is 3. The van der Waals surface area contributed by atoms with Gasteiger partial charge >= 0.3 is 0 Å². The first-order valence-electron chi connectivity index (χ1n) is 7.75. The lowest BCUT2D eigenvalue weighted by molar-refractivity contribution is 0.101. The van der Waals surface area contributed by atoms with Crippen molar-refractivity contribution in [2.75, 3.05) is 26.6 Å². The Morgan fingerprint density at radius 3 is 2.24 bits per heavy atom. The van der Waals surface area contributed by atoms with Crippen LogP contribution in [0.4, 0.5) is 5.69 Å². The van der Waals surface area contributed by atoms with E-state index in [-0.39, 0.29) is 5.91 Å². The zero-order chi connectivity index (χ0) is 18.0. The summed E-state index contributed by atoms with van der Waals surface area (Å²) in [7, 11) is 6.59. The third-order valence-corrected chi connectivity index (χ3v) is 4.15. The van der Waals surface area contributed by atoms with Gasteiger partial charge in [-0.05, 0) is 30.3 Å². The summed E-state index contributed by atoms with van der Waals surface area (Å²) >= 11 is 0. The lowest BCUT2D eigenvalue weighted by Crippen LogP contribution is -2.16. The quantitative estimate of drug-likeness (QED) is 0.773. The van der Waals surface area contributed by atoms with Gasteiger partial charge in [-0.25, -0.2) is 0 Å². The van der Waals surface area contributed by atoms with Crippen LogP contribution < -0.4 is 19.5 Å². The van der Waals surface area contributed by atoms with E-state index in [1.54, 1.807) is 44.1 Å². The molecule has 2 aromatic carbocycles. The maximum atomic E-state index is 12.8. The number of anilines is 1. The highest BCUT2D eigenvalue weighted by molar-refractivity contribution is 6.08. The number of rotatable bonds is 5. The Bertz CT molecular complexity index is 931. The molecule has 0 spiro atoms. The van der Waals surface area contributed by atoms with Crippen molar-refractivity contribution in [1.82, 2.24) is 4.57 Å². The number of nitrogens with zero attached hydrogens (tertiary/aromatic N) is 1. The van der Waals surface area contributed by atoms with Crippen LogP contribution in [-0.4, -0.2) is 31.8 Å². The Morgan fingerprint density at radius 2 is 1.56 bits per heavy atom. The van der Waals surface area contributed by atoms with Crippen LogP contribution in [0.3, 0.4) is 0 Å². The van der Waals surface area contributed by atoms with Crippen LogP contribution in [0.25, 0.3) is 10.9 Å². The molecule has 25 heavy (non-hydrogen) atoms. The van der Waals surface area contributed by atoms with Gasteiger partial charge in [-0.3, -0.25) is 4.79 Å². The summed E-state index contributed by atoms with van der Waals surface area (Å²) in [4.78, 5) is 12.8. The van der Waals surface area contributed by atoms with Gasteiger partial charge in [0.2, 0.25) is 0 Å². The van der Waals surface area contributed by atoms with Gasteiger partial charge in [-0.1, -0.05) is 12.1 Å². The standard InChI is InChI=1S/C19H20N2O4/c1-21-14(19(22)20-13-7-5-6-8-16(13)24-3)11-12-15(23-2)9-10-17(25-4)18(12)21/h5-11H,1-4H3,(H,20,22). The normalized spacial score (nSPS) is 10.6. The summed E-state index contributed by atoms with van der Waals surface area (Å²) in [5, 5.41) is 3.70. The summed E-state index contributed by atoms with van der Waals surface area (Å²) in [6.07, 6.45) is 0. The van der Waals surface area contributed by atoms with Gasteiger partial charge in [0.1, 0.15) is 22.9 Å². The van der Waals surface area contributed by atoms with Crippen molar-refractivity contribution in [2.24, 2.45) is 7.05 Å². The smallest absolute Gasteiger partial charge is 0.272 e. The Morgan fingerprint density at radius 1 is 0.920 bits per heavy atom. The topological polar surface area (TPSA) is 61.7 Å². The van der Waals surface area contributed by atoms with Crippen LogP contribution >= 0.6 is 0 Å². The fourth-order valence-electron chi connectivity index (χ4n) is 2.90. The molecule has 0 unspecified atom stereocenters. The highest BCUT2D eigenvalue weighted by Gasteiger charge is 2.19. The Labute approximate surface area is 145 Å². The van der Waals surface area contributed by atoms with E-state index < -0.39 is 0 Å². The molecule has 0 fully saturated rings. The van der Waals surface area contributed by atoms with Crippen molar-refractivity contribution in [3.8, 4) is 17.2 Å². The summed E-state index contributed by atoms with van der Waals surface area (Å²) in [5.41, 5.74) is 1.90. The zero-order valence-corrected chi connectivity index (χ0v) is 14.6. The lowest BCUT2D eigenvalue weighted by atomic mass is 10.2. The molecule has 1 amide bonds. The average Bonchev–Trinajstić information content (AvgIpc) is 2.99. The fraction of sp³-hybridized carbons (Fsp3) is 0.211.